The lowest BCUT2D eigenvalue weighted by atomic mass is 10.3. The molecule has 0 radical (unpaired) electrons. The third-order valence-corrected chi connectivity index (χ3v) is 2.98. The Hall–Kier alpha value is -2.28. The van der Waals surface area contributed by atoms with Gasteiger partial charge >= 0.3 is 0 Å². The average molecular weight is 276 g/mol. The van der Waals surface area contributed by atoms with Crippen molar-refractivity contribution in [2.75, 3.05) is 5.73 Å². The lowest BCUT2D eigenvalue weighted by Gasteiger charge is -2.09. The van der Waals surface area contributed by atoms with Crippen molar-refractivity contribution in [3.05, 3.63) is 41.5 Å². The normalized spacial score (nSPS) is 11.6. The molecule has 0 aliphatic carbocycles. The second-order valence-electron chi connectivity index (χ2n) is 4.08. The molecular formula is C12H16N6S. The molecule has 6 nitrogen and oxygen atoms in total. The maximum atomic E-state index is 6.07. The lowest BCUT2D eigenvalue weighted by molar-refractivity contribution is 0.617. The highest BCUT2D eigenvalue weighted by molar-refractivity contribution is 7.80. The molecule has 0 aliphatic rings. The molecule has 0 unspecified atom stereocenters. The number of hydrogen-bond acceptors (Lipinski definition) is 3. The van der Waals surface area contributed by atoms with E-state index in [-0.39, 0.29) is 5.11 Å². The Kier molecular flexibility index (Phi) is 3.57. The highest BCUT2D eigenvalue weighted by Gasteiger charge is 2.11. The van der Waals surface area contributed by atoms with Gasteiger partial charge in [0.15, 0.2) is 10.6 Å². The summed E-state index contributed by atoms with van der Waals surface area (Å²) in [5.74, 6) is 0. The standard InChI is InChI=1S/C12H16N6S/c1-8-10(13)11(15-16-12(14)19)18(17(8)2)9-6-4-3-5-7-9/h3-7H,13H2,1-2H3,(H3,14,16,19). The number of anilines is 1. The molecule has 0 spiro atoms. The summed E-state index contributed by atoms with van der Waals surface area (Å²) in [7, 11) is 1.92. The van der Waals surface area contributed by atoms with Crippen molar-refractivity contribution in [2.24, 2.45) is 17.9 Å². The first-order valence-electron chi connectivity index (χ1n) is 5.71. The quantitative estimate of drug-likeness (QED) is 0.546. The predicted molar refractivity (Wildman–Crippen MR) is 79.4 cm³/mol. The van der Waals surface area contributed by atoms with Gasteiger partial charge in [-0.25, -0.2) is 4.68 Å². The smallest absolute Gasteiger partial charge is 0.197 e. The summed E-state index contributed by atoms with van der Waals surface area (Å²) in [6.45, 7) is 1.93. The summed E-state index contributed by atoms with van der Waals surface area (Å²) < 4.78 is 3.81. The van der Waals surface area contributed by atoms with Gasteiger partial charge in [0, 0.05) is 7.05 Å². The first kappa shape index (κ1) is 13.2. The zero-order valence-corrected chi connectivity index (χ0v) is 11.6. The first-order chi connectivity index (χ1) is 9.02. The molecule has 19 heavy (non-hydrogen) atoms. The van der Waals surface area contributed by atoms with E-state index in [9.17, 15) is 0 Å². The molecule has 0 bridgehead atoms. The van der Waals surface area contributed by atoms with Gasteiger partial charge in [0.2, 0.25) is 0 Å². The van der Waals surface area contributed by atoms with E-state index in [0.717, 1.165) is 11.4 Å². The molecule has 1 heterocycles. The van der Waals surface area contributed by atoms with Crippen LogP contribution in [0.2, 0.25) is 0 Å². The Morgan fingerprint density at radius 3 is 2.53 bits per heavy atom. The zero-order valence-electron chi connectivity index (χ0n) is 10.8. The second kappa shape index (κ2) is 5.15. The highest BCUT2D eigenvalue weighted by Crippen LogP contribution is 2.10. The fourth-order valence-corrected chi connectivity index (χ4v) is 1.87. The molecule has 0 saturated carbocycles. The number of rotatable bonds is 2. The van der Waals surface area contributed by atoms with E-state index in [1.165, 1.54) is 0 Å². The van der Waals surface area contributed by atoms with Gasteiger partial charge in [0.05, 0.1) is 17.1 Å². The van der Waals surface area contributed by atoms with Crippen molar-refractivity contribution in [2.45, 2.75) is 6.92 Å². The summed E-state index contributed by atoms with van der Waals surface area (Å²) in [5, 5.41) is 4.26. The number of thiocarbonyl (C=S) groups is 1. The van der Waals surface area contributed by atoms with Crippen LogP contribution in [0, 0.1) is 6.92 Å². The second-order valence-corrected chi connectivity index (χ2v) is 4.52. The van der Waals surface area contributed by atoms with Crippen LogP contribution < -0.4 is 22.4 Å². The van der Waals surface area contributed by atoms with Gasteiger partial charge in [0.25, 0.3) is 0 Å². The molecule has 0 fully saturated rings. The molecule has 0 aliphatic heterocycles. The topological polar surface area (TPSA) is 86.3 Å². The van der Waals surface area contributed by atoms with Gasteiger partial charge in [-0.05, 0) is 31.3 Å². The Labute approximate surface area is 116 Å². The molecule has 100 valence electrons. The van der Waals surface area contributed by atoms with E-state index >= 15 is 0 Å². The Morgan fingerprint density at radius 1 is 1.32 bits per heavy atom. The molecule has 2 aromatic rings. The van der Waals surface area contributed by atoms with Crippen LogP contribution in [0.15, 0.2) is 35.4 Å². The van der Waals surface area contributed by atoms with Crippen LogP contribution in [-0.4, -0.2) is 14.5 Å². The third-order valence-electron chi connectivity index (χ3n) is 2.89. The van der Waals surface area contributed by atoms with Crippen LogP contribution in [0.25, 0.3) is 5.69 Å². The van der Waals surface area contributed by atoms with E-state index < -0.39 is 0 Å². The predicted octanol–water partition coefficient (Wildman–Crippen LogP) is 0.355. The van der Waals surface area contributed by atoms with Crippen LogP contribution in [0.5, 0.6) is 0 Å². The molecule has 0 atom stereocenters. The van der Waals surface area contributed by atoms with Crippen molar-refractivity contribution >= 4 is 23.0 Å². The van der Waals surface area contributed by atoms with E-state index in [1.54, 1.807) is 0 Å². The Morgan fingerprint density at radius 2 is 1.95 bits per heavy atom. The van der Waals surface area contributed by atoms with Crippen LogP contribution in [0.4, 0.5) is 5.69 Å². The van der Waals surface area contributed by atoms with Crippen molar-refractivity contribution < 1.29 is 0 Å². The maximum absolute atomic E-state index is 6.07. The maximum Gasteiger partial charge on any atom is 0.197 e. The number of nitrogens with two attached hydrogens (primary N) is 2. The molecule has 2 rings (SSSR count). The average Bonchev–Trinajstić information content (AvgIpc) is 2.61. The molecule has 7 heteroatoms. The molecule has 0 amide bonds. The molecular weight excluding hydrogens is 260 g/mol. The number of para-hydroxylation sites is 1. The van der Waals surface area contributed by atoms with Crippen molar-refractivity contribution in [1.29, 1.82) is 0 Å². The number of hydrogen-bond donors (Lipinski definition) is 3. The number of benzene rings is 1. The van der Waals surface area contributed by atoms with E-state index in [1.807, 2.05) is 53.7 Å². The fourth-order valence-electron chi connectivity index (χ4n) is 1.82. The Bertz CT molecular complexity index is 668. The van der Waals surface area contributed by atoms with E-state index in [2.05, 4.69) is 10.5 Å². The molecule has 1 aromatic heterocycles. The number of nitrogens with zero attached hydrogens (tertiary/aromatic N) is 3. The number of nitrogen functional groups attached to an aromatic ring is 1. The Balaban J connectivity index is 2.70. The molecule has 1 aromatic carbocycles. The van der Waals surface area contributed by atoms with Gasteiger partial charge in [-0.2, -0.15) is 5.10 Å². The van der Waals surface area contributed by atoms with Crippen molar-refractivity contribution in [3.8, 4) is 5.69 Å². The van der Waals surface area contributed by atoms with Gasteiger partial charge in [-0.15, -0.1) is 0 Å². The fraction of sp³-hybridized carbons (Fsp3) is 0.167. The van der Waals surface area contributed by atoms with Gasteiger partial charge in [-0.1, -0.05) is 18.2 Å². The molecule has 0 saturated heterocycles. The minimum absolute atomic E-state index is 0.0977. The minimum atomic E-state index is 0.0977. The van der Waals surface area contributed by atoms with Crippen LogP contribution in [0.3, 0.4) is 0 Å². The number of aromatic nitrogens is 2. The van der Waals surface area contributed by atoms with E-state index in [4.69, 9.17) is 23.7 Å². The lowest BCUT2D eigenvalue weighted by Crippen LogP contribution is -2.30. The summed E-state index contributed by atoms with van der Waals surface area (Å²) in [5.41, 5.74) is 17.0. The van der Waals surface area contributed by atoms with Gasteiger partial charge in [-0.3, -0.25) is 10.1 Å². The van der Waals surface area contributed by atoms with Gasteiger partial charge < -0.3 is 11.5 Å². The van der Waals surface area contributed by atoms with Crippen LogP contribution in [-0.2, 0) is 7.05 Å². The van der Waals surface area contributed by atoms with Crippen molar-refractivity contribution in [3.63, 3.8) is 0 Å². The zero-order chi connectivity index (χ0) is 14.0. The molecule has 5 N–H and O–H groups in total. The first-order valence-corrected chi connectivity index (χ1v) is 6.12. The van der Waals surface area contributed by atoms with Crippen LogP contribution >= 0.6 is 12.2 Å². The highest BCUT2D eigenvalue weighted by atomic mass is 32.1. The largest absolute Gasteiger partial charge is 0.394 e. The summed E-state index contributed by atoms with van der Waals surface area (Å²) in [6, 6.07) is 9.79. The van der Waals surface area contributed by atoms with Crippen LogP contribution in [0.1, 0.15) is 5.69 Å². The van der Waals surface area contributed by atoms with Gasteiger partial charge in [0.1, 0.15) is 0 Å². The van der Waals surface area contributed by atoms with E-state index in [0.29, 0.717) is 11.2 Å². The van der Waals surface area contributed by atoms with Crippen molar-refractivity contribution in [1.82, 2.24) is 14.8 Å². The summed E-state index contributed by atoms with van der Waals surface area (Å²) in [4.78, 5) is 0. The minimum Gasteiger partial charge on any atom is -0.394 e. The summed E-state index contributed by atoms with van der Waals surface area (Å²) >= 11 is 4.75. The SMILES string of the molecule is Cc1c(N)c(=NNC(N)=S)n(-c2ccccc2)n1C. The summed E-state index contributed by atoms with van der Waals surface area (Å²) in [6.07, 6.45) is 0. The third kappa shape index (κ3) is 2.45. The monoisotopic (exact) mass is 276 g/mol. The number of nitrogens with one attached hydrogen (secondary N) is 1.